The molecule has 8 heavy (non-hydrogen) atoms. The predicted molar refractivity (Wildman–Crippen MR) is 32.3 cm³/mol. The first-order valence-corrected chi connectivity index (χ1v) is 4.24. The molecule has 48 valence electrons. The maximum absolute atomic E-state index is 12.0. The Bertz CT molecular complexity index is 70.8. The van der Waals surface area contributed by atoms with Gasteiger partial charge in [-0.3, -0.25) is 0 Å². The molecule has 0 saturated heterocycles. The molecule has 0 radical (unpaired) electrons. The molecule has 0 heterocycles. The topological polar surface area (TPSA) is 0 Å². The minimum atomic E-state index is -3.38. The van der Waals surface area contributed by atoms with Crippen molar-refractivity contribution < 1.29 is 7.05 Å². The summed E-state index contributed by atoms with van der Waals surface area (Å²) in [6, 6.07) is 0. The highest BCUT2D eigenvalue weighted by molar-refractivity contribution is 6.46. The van der Waals surface area contributed by atoms with Crippen molar-refractivity contribution in [2.75, 3.05) is 0 Å². The number of halogens is 2. The van der Waals surface area contributed by atoms with Crippen LogP contribution in [-0.2, 0) is 0 Å². The lowest BCUT2D eigenvalue weighted by atomic mass is 10.1. The molecule has 0 atom stereocenters. The van der Waals surface area contributed by atoms with E-state index in [2.05, 4.69) is 0 Å². The molecule has 0 amide bonds. The molecule has 0 aromatic carbocycles. The minimum Gasteiger partial charge on any atom is -0.374 e. The van der Waals surface area contributed by atoms with Crippen molar-refractivity contribution in [1.29, 1.82) is 0 Å². The van der Waals surface area contributed by atoms with E-state index in [1.54, 1.807) is 20.8 Å². The summed E-state index contributed by atoms with van der Waals surface area (Å²) >= 11 is -3.38. The van der Waals surface area contributed by atoms with Crippen molar-refractivity contribution in [2.24, 2.45) is 0 Å². The van der Waals surface area contributed by atoms with E-state index in [4.69, 9.17) is 0 Å². The second-order valence-corrected chi connectivity index (χ2v) is 4.81. The van der Waals surface area contributed by atoms with Gasteiger partial charge in [0.2, 0.25) is 0 Å². The van der Waals surface area contributed by atoms with Crippen LogP contribution in [0.25, 0.3) is 0 Å². The van der Waals surface area contributed by atoms with E-state index in [1.807, 2.05) is 0 Å². The van der Waals surface area contributed by atoms with Gasteiger partial charge in [-0.05, 0) is 4.28 Å². The lowest BCUT2D eigenvalue weighted by molar-refractivity contribution is 0.506. The Morgan fingerprint density at radius 3 is 1.75 bits per heavy atom. The van der Waals surface area contributed by atoms with Crippen molar-refractivity contribution in [3.05, 3.63) is 0 Å². The van der Waals surface area contributed by atoms with Crippen molar-refractivity contribution >= 4 is 15.1 Å². The lowest BCUT2D eigenvalue weighted by Gasteiger charge is -2.15. The van der Waals surface area contributed by atoms with Crippen molar-refractivity contribution in [3.63, 3.8) is 0 Å². The fourth-order valence-corrected chi connectivity index (χ4v) is 0.463. The van der Waals surface area contributed by atoms with E-state index < -0.39 is 19.3 Å². The van der Waals surface area contributed by atoms with Crippen molar-refractivity contribution in [2.45, 2.75) is 31.5 Å². The Morgan fingerprint density at radius 1 is 1.38 bits per heavy atom. The van der Waals surface area contributed by atoms with Crippen molar-refractivity contribution in [1.82, 2.24) is 0 Å². The third-order valence-corrected chi connectivity index (χ3v) is 3.09. The molecule has 0 aliphatic heterocycles. The Balaban J connectivity index is 3.71. The molecule has 0 rings (SSSR count). The third kappa shape index (κ3) is 2.11. The SMILES string of the molecule is CC[C](C)(C)[Al]([F])[F]. The van der Waals surface area contributed by atoms with E-state index in [0.717, 1.165) is 0 Å². The molecule has 0 N–H and O–H groups in total. The van der Waals surface area contributed by atoms with Crippen molar-refractivity contribution in [3.8, 4) is 0 Å². The Kier molecular flexibility index (Phi) is 2.93. The van der Waals surface area contributed by atoms with E-state index in [9.17, 15) is 7.05 Å². The maximum atomic E-state index is 12.0. The summed E-state index contributed by atoms with van der Waals surface area (Å²) in [7, 11) is 0. The van der Waals surface area contributed by atoms with Gasteiger partial charge < -0.3 is 7.05 Å². The lowest BCUT2D eigenvalue weighted by Crippen LogP contribution is -2.17. The molecule has 0 nitrogen and oxygen atoms in total. The molecule has 0 aliphatic rings. The molecule has 0 unspecified atom stereocenters. The summed E-state index contributed by atoms with van der Waals surface area (Å²) in [4.78, 5) is 0. The normalized spacial score (nSPS) is 11.6. The first-order chi connectivity index (χ1) is 3.50. The Morgan fingerprint density at radius 2 is 1.75 bits per heavy atom. The van der Waals surface area contributed by atoms with Crippen LogP contribution in [0.2, 0.25) is 4.28 Å². The largest absolute Gasteiger partial charge is 0.764 e. The van der Waals surface area contributed by atoms with E-state index in [1.165, 1.54) is 0 Å². The quantitative estimate of drug-likeness (QED) is 0.512. The van der Waals surface area contributed by atoms with Gasteiger partial charge in [0.15, 0.2) is 0 Å². The standard InChI is InChI=1S/C5H11.Al.2FH/c1-4-5(2)3;;;/h4H2,1-3H3;;2*1H/q;+2;;/p-2. The zero-order valence-corrected chi connectivity index (χ0v) is 6.70. The smallest absolute Gasteiger partial charge is 0.374 e. The van der Waals surface area contributed by atoms with Gasteiger partial charge in [-0.25, -0.2) is 0 Å². The summed E-state index contributed by atoms with van der Waals surface area (Å²) in [6.07, 6.45) is 0.594. The zero-order valence-electron chi connectivity index (χ0n) is 5.54. The first-order valence-electron chi connectivity index (χ1n) is 2.79. The van der Waals surface area contributed by atoms with Gasteiger partial charge in [-0.15, -0.1) is 0 Å². The van der Waals surface area contributed by atoms with Crippen LogP contribution < -0.4 is 0 Å². The Hall–Kier alpha value is 0.392. The van der Waals surface area contributed by atoms with E-state index in [-0.39, 0.29) is 0 Å². The van der Waals surface area contributed by atoms with Gasteiger partial charge in [0.25, 0.3) is 0 Å². The average Bonchev–Trinajstić information content (AvgIpc) is 1.67. The summed E-state index contributed by atoms with van der Waals surface area (Å²) in [5.74, 6) is 0. The second-order valence-electron chi connectivity index (χ2n) is 2.64. The highest BCUT2D eigenvalue weighted by Gasteiger charge is 2.40. The van der Waals surface area contributed by atoms with E-state index >= 15 is 0 Å². The monoisotopic (exact) mass is 136 g/mol. The predicted octanol–water partition coefficient (Wildman–Crippen LogP) is 2.60. The van der Waals surface area contributed by atoms with Crippen LogP contribution in [0.5, 0.6) is 0 Å². The summed E-state index contributed by atoms with van der Waals surface area (Å²) in [5, 5.41) is 0. The maximum Gasteiger partial charge on any atom is 0.764 e. The molecular weight excluding hydrogens is 125 g/mol. The highest BCUT2D eigenvalue weighted by atomic mass is 27.3. The third-order valence-electron chi connectivity index (χ3n) is 1.50. The molecule has 0 aliphatic carbocycles. The first kappa shape index (κ1) is 8.39. The zero-order chi connectivity index (χ0) is 6.78. The van der Waals surface area contributed by atoms with Crippen LogP contribution in [0.1, 0.15) is 27.2 Å². The molecule has 0 aromatic rings. The van der Waals surface area contributed by atoms with Gasteiger partial charge in [-0.1, -0.05) is 27.2 Å². The molecular formula is C5H11AlF2. The minimum absolute atomic E-state index is 0.594. The number of hydrogen-bond donors (Lipinski definition) is 0. The van der Waals surface area contributed by atoms with Gasteiger partial charge in [0, 0.05) is 0 Å². The fraction of sp³-hybridized carbons (Fsp3) is 1.00. The van der Waals surface area contributed by atoms with Gasteiger partial charge in [0.1, 0.15) is 0 Å². The van der Waals surface area contributed by atoms with Crippen LogP contribution >= 0.6 is 0 Å². The summed E-state index contributed by atoms with van der Waals surface area (Å²) in [6.45, 7) is 5.06. The molecule has 0 fully saturated rings. The van der Waals surface area contributed by atoms with Crippen LogP contribution in [0.15, 0.2) is 0 Å². The molecule has 0 bridgehead atoms. The average molecular weight is 136 g/mol. The molecule has 0 aromatic heterocycles. The summed E-state index contributed by atoms with van der Waals surface area (Å²) in [5.41, 5.74) is 0. The summed E-state index contributed by atoms with van der Waals surface area (Å²) < 4.78 is 23.3. The highest BCUT2D eigenvalue weighted by Crippen LogP contribution is 2.32. The Labute approximate surface area is 54.2 Å². The van der Waals surface area contributed by atoms with Gasteiger partial charge in [-0.2, -0.15) is 0 Å². The molecule has 0 saturated carbocycles. The van der Waals surface area contributed by atoms with Gasteiger partial charge >= 0.3 is 15.1 Å². The van der Waals surface area contributed by atoms with Crippen LogP contribution in [-0.4, -0.2) is 15.1 Å². The fourth-order valence-electron chi connectivity index (χ4n) is 0.154. The van der Waals surface area contributed by atoms with Gasteiger partial charge in [0.05, 0.1) is 0 Å². The molecule has 3 heteroatoms. The van der Waals surface area contributed by atoms with Crippen LogP contribution in [0, 0.1) is 0 Å². The van der Waals surface area contributed by atoms with E-state index in [0.29, 0.717) is 6.42 Å². The number of rotatable bonds is 2. The van der Waals surface area contributed by atoms with Crippen LogP contribution in [0.3, 0.4) is 0 Å². The molecule has 0 spiro atoms. The van der Waals surface area contributed by atoms with Crippen LogP contribution in [0.4, 0.5) is 7.05 Å². The number of hydrogen-bond acceptors (Lipinski definition) is 0. The second kappa shape index (κ2) is 2.80.